The summed E-state index contributed by atoms with van der Waals surface area (Å²) < 4.78 is 13.3. The van der Waals surface area contributed by atoms with Gasteiger partial charge in [-0.25, -0.2) is 19.2 Å². The third kappa shape index (κ3) is 5.84. The molecule has 2 saturated heterocycles. The molecule has 1 unspecified atom stereocenters. The predicted molar refractivity (Wildman–Crippen MR) is 149 cm³/mol. The smallest absolute Gasteiger partial charge is 0.333 e. The van der Waals surface area contributed by atoms with Crippen LogP contribution in [0.5, 0.6) is 0 Å². The van der Waals surface area contributed by atoms with E-state index >= 15 is 0 Å². The van der Waals surface area contributed by atoms with E-state index in [1.807, 2.05) is 62.4 Å². The number of fused-ring (bicyclic) bond motifs is 1. The van der Waals surface area contributed by atoms with Crippen molar-refractivity contribution in [3.63, 3.8) is 0 Å². The van der Waals surface area contributed by atoms with Crippen LogP contribution in [-0.4, -0.2) is 70.0 Å². The zero-order valence-electron chi connectivity index (χ0n) is 23.0. The highest BCUT2D eigenvalue weighted by Crippen LogP contribution is 2.29. The number of benzene rings is 3. The van der Waals surface area contributed by atoms with Gasteiger partial charge in [-0.05, 0) is 42.7 Å². The van der Waals surface area contributed by atoms with E-state index in [0.29, 0.717) is 13.0 Å². The van der Waals surface area contributed by atoms with E-state index in [-0.39, 0.29) is 37.3 Å². The lowest BCUT2D eigenvalue weighted by Crippen LogP contribution is -2.76. The van der Waals surface area contributed by atoms with Gasteiger partial charge < -0.3 is 15.1 Å². The average Bonchev–Trinajstić information content (AvgIpc) is 2.93. The van der Waals surface area contributed by atoms with Crippen LogP contribution in [0.4, 0.5) is 9.18 Å². The number of carbonyl (C=O) groups is 3. The molecule has 0 saturated carbocycles. The maximum Gasteiger partial charge on any atom is 0.334 e. The van der Waals surface area contributed by atoms with Gasteiger partial charge in [-0.3, -0.25) is 9.59 Å². The molecule has 9 heteroatoms. The van der Waals surface area contributed by atoms with Gasteiger partial charge >= 0.3 is 6.03 Å². The number of hydrogen-bond donors (Lipinski definition) is 1. The van der Waals surface area contributed by atoms with Gasteiger partial charge in [0.15, 0.2) is 0 Å². The lowest BCUT2D eigenvalue weighted by atomic mass is 9.97. The molecule has 2 aliphatic heterocycles. The molecular weight excluding hydrogens is 509 g/mol. The van der Waals surface area contributed by atoms with Crippen molar-refractivity contribution in [2.75, 3.05) is 20.1 Å². The molecule has 5 rings (SSSR count). The average molecular weight is 544 g/mol. The second-order valence-corrected chi connectivity index (χ2v) is 10.6. The van der Waals surface area contributed by atoms with Gasteiger partial charge in [0.05, 0.1) is 13.1 Å². The first-order valence-corrected chi connectivity index (χ1v) is 13.4. The molecule has 0 aromatic heterocycles. The van der Waals surface area contributed by atoms with E-state index in [1.54, 1.807) is 34.0 Å². The first-order chi connectivity index (χ1) is 19.2. The molecule has 0 bridgehead atoms. The Bertz CT molecular complexity index is 1380. The number of nitrogens with one attached hydrogen (secondary N) is 1. The molecule has 8 nitrogen and oxygen atoms in total. The second-order valence-electron chi connectivity index (χ2n) is 10.6. The second kappa shape index (κ2) is 11.5. The molecule has 3 aromatic carbocycles. The third-order valence-electron chi connectivity index (χ3n) is 7.55. The van der Waals surface area contributed by atoms with Crippen molar-refractivity contribution in [2.45, 2.75) is 45.6 Å². The van der Waals surface area contributed by atoms with E-state index in [1.165, 1.54) is 17.1 Å². The van der Waals surface area contributed by atoms with E-state index in [0.717, 1.165) is 27.8 Å². The minimum Gasteiger partial charge on any atom is -0.333 e. The molecule has 2 aliphatic rings. The van der Waals surface area contributed by atoms with Gasteiger partial charge in [0.2, 0.25) is 11.8 Å². The quantitative estimate of drug-likeness (QED) is 0.516. The van der Waals surface area contributed by atoms with Crippen molar-refractivity contribution >= 4 is 17.8 Å². The van der Waals surface area contributed by atoms with Crippen molar-refractivity contribution in [1.82, 2.24) is 25.1 Å². The molecule has 4 amide bonds. The Morgan fingerprint density at radius 3 is 2.08 bits per heavy atom. The maximum atomic E-state index is 13.9. The number of urea groups is 1. The van der Waals surface area contributed by atoms with Gasteiger partial charge in [0.1, 0.15) is 18.0 Å². The Hall–Kier alpha value is -4.24. The summed E-state index contributed by atoms with van der Waals surface area (Å²) in [6.07, 6.45) is -0.335. The van der Waals surface area contributed by atoms with Crippen LogP contribution in [0.1, 0.15) is 27.8 Å². The largest absolute Gasteiger partial charge is 0.334 e. The molecular formula is C31H34FN5O3. The van der Waals surface area contributed by atoms with Crippen LogP contribution >= 0.6 is 0 Å². The monoisotopic (exact) mass is 543 g/mol. The fraction of sp³-hybridized carbons (Fsp3) is 0.323. The summed E-state index contributed by atoms with van der Waals surface area (Å²) in [6.45, 7) is 4.73. The van der Waals surface area contributed by atoms with Crippen LogP contribution in [0.15, 0.2) is 72.8 Å². The fourth-order valence-corrected chi connectivity index (χ4v) is 5.37. The summed E-state index contributed by atoms with van der Waals surface area (Å²) in [6, 6.07) is 20.7. The summed E-state index contributed by atoms with van der Waals surface area (Å²) in [4.78, 5) is 44.3. The Morgan fingerprint density at radius 2 is 1.45 bits per heavy atom. The lowest BCUT2D eigenvalue weighted by Gasteiger charge is -2.54. The van der Waals surface area contributed by atoms with Crippen molar-refractivity contribution in [1.29, 1.82) is 0 Å². The summed E-state index contributed by atoms with van der Waals surface area (Å²) in [5.41, 5.74) is 4.90. The third-order valence-corrected chi connectivity index (χ3v) is 7.55. The van der Waals surface area contributed by atoms with Crippen LogP contribution in [0.3, 0.4) is 0 Å². The lowest BCUT2D eigenvalue weighted by molar-refractivity contribution is -0.187. The number of rotatable bonds is 6. The van der Waals surface area contributed by atoms with E-state index in [4.69, 9.17) is 0 Å². The molecule has 3 aromatic rings. The number of hydrogen-bond acceptors (Lipinski definition) is 4. The van der Waals surface area contributed by atoms with Gasteiger partial charge in [-0.1, -0.05) is 71.8 Å². The highest BCUT2D eigenvalue weighted by atomic mass is 19.1. The van der Waals surface area contributed by atoms with Crippen LogP contribution in [0.25, 0.3) is 0 Å². The molecule has 208 valence electrons. The molecule has 40 heavy (non-hydrogen) atoms. The Kier molecular flexibility index (Phi) is 7.84. The van der Waals surface area contributed by atoms with Crippen molar-refractivity contribution in [3.05, 3.63) is 106 Å². The Balaban J connectivity index is 1.44. The molecule has 2 heterocycles. The molecule has 0 aliphatic carbocycles. The van der Waals surface area contributed by atoms with Gasteiger partial charge in [-0.2, -0.15) is 0 Å². The number of halogens is 1. The highest BCUT2D eigenvalue weighted by Gasteiger charge is 2.50. The molecule has 2 fully saturated rings. The molecule has 2 atom stereocenters. The first-order valence-electron chi connectivity index (χ1n) is 13.4. The van der Waals surface area contributed by atoms with Crippen LogP contribution in [0, 0.1) is 19.7 Å². The van der Waals surface area contributed by atoms with Gasteiger partial charge in [-0.15, -0.1) is 0 Å². The van der Waals surface area contributed by atoms with Crippen molar-refractivity contribution in [3.8, 4) is 0 Å². The molecule has 0 radical (unpaired) electrons. The standard InChI is InChI=1S/C31H34FN5O3/c1-21-4-8-23(9-5-21)16-27-30(39)35(18-25-10-6-22(2)7-11-25)19-28-36(27)29(38)20-34(3)37(28)31(40)33-17-24-12-14-26(32)15-13-24/h4-15,27-28H,16-20H2,1-3H3,(H,33,40)/t27-,28?/m0/s1. The maximum absolute atomic E-state index is 13.9. The zero-order chi connectivity index (χ0) is 28.4. The topological polar surface area (TPSA) is 76.2 Å². The number of nitrogens with zero attached hydrogens (tertiary/aromatic N) is 4. The normalized spacial score (nSPS) is 19.6. The summed E-state index contributed by atoms with van der Waals surface area (Å²) in [5, 5.41) is 6.03. The number of carbonyl (C=O) groups excluding carboxylic acids is 3. The molecule has 0 spiro atoms. The Labute approximate surface area is 233 Å². The zero-order valence-corrected chi connectivity index (χ0v) is 23.0. The van der Waals surface area contributed by atoms with Crippen molar-refractivity contribution in [2.24, 2.45) is 0 Å². The number of likely N-dealkylation sites (N-methyl/N-ethyl adjacent to an activating group) is 1. The Morgan fingerprint density at radius 1 is 0.875 bits per heavy atom. The van der Waals surface area contributed by atoms with E-state index in [2.05, 4.69) is 5.32 Å². The fourth-order valence-electron chi connectivity index (χ4n) is 5.37. The number of hydrazine groups is 1. The van der Waals surface area contributed by atoms with Crippen molar-refractivity contribution < 1.29 is 18.8 Å². The molecule has 1 N–H and O–H groups in total. The summed E-state index contributed by atoms with van der Waals surface area (Å²) >= 11 is 0. The minimum atomic E-state index is -0.750. The predicted octanol–water partition coefficient (Wildman–Crippen LogP) is 3.62. The summed E-state index contributed by atoms with van der Waals surface area (Å²) in [5.74, 6) is -0.683. The van der Waals surface area contributed by atoms with Crippen LogP contribution in [0.2, 0.25) is 0 Å². The SMILES string of the molecule is Cc1ccc(C[C@H]2C(=O)N(Cc3ccc(C)cc3)CC3N2C(=O)CN(C)N3C(=O)NCc2ccc(F)cc2)cc1. The van der Waals surface area contributed by atoms with Crippen LogP contribution in [-0.2, 0) is 29.1 Å². The van der Waals surface area contributed by atoms with Gasteiger partial charge in [0, 0.05) is 26.6 Å². The summed E-state index contributed by atoms with van der Waals surface area (Å²) in [7, 11) is 1.70. The number of amides is 4. The van der Waals surface area contributed by atoms with E-state index in [9.17, 15) is 18.8 Å². The number of piperazine rings is 1. The minimum absolute atomic E-state index is 0.0316. The van der Waals surface area contributed by atoms with Crippen LogP contribution < -0.4 is 5.32 Å². The van der Waals surface area contributed by atoms with Gasteiger partial charge in [0.25, 0.3) is 0 Å². The number of aryl methyl sites for hydroxylation is 2. The first kappa shape index (κ1) is 27.3. The highest BCUT2D eigenvalue weighted by molar-refractivity contribution is 5.91. The van der Waals surface area contributed by atoms with E-state index < -0.39 is 18.2 Å².